The fraction of sp³-hybridized carbons (Fsp3) is 0.647. The van der Waals surface area contributed by atoms with Crippen LogP contribution in [0, 0.1) is 0 Å². The smallest absolute Gasteiger partial charge is 0.423 e. The second-order valence-corrected chi connectivity index (χ2v) is 7.80. The third-order valence-corrected chi connectivity index (χ3v) is 5.08. The maximum Gasteiger partial charge on any atom is 0.491 e. The molecule has 1 fully saturated rings. The van der Waals surface area contributed by atoms with Gasteiger partial charge in [0.1, 0.15) is 0 Å². The average molecular weight is 340 g/mol. The SMILES string of the molecule is CC(C)(O)C(C)(C)OB(O)c1ccc(Cl)cc1CN1CCCC1. The van der Waals surface area contributed by atoms with Gasteiger partial charge in [0.05, 0.1) is 11.2 Å². The fourth-order valence-corrected chi connectivity index (χ4v) is 2.82. The van der Waals surface area contributed by atoms with Crippen LogP contribution in [0.4, 0.5) is 0 Å². The van der Waals surface area contributed by atoms with Crippen molar-refractivity contribution in [2.45, 2.75) is 58.3 Å². The van der Waals surface area contributed by atoms with E-state index < -0.39 is 18.3 Å². The van der Waals surface area contributed by atoms with Crippen molar-refractivity contribution in [3.05, 3.63) is 28.8 Å². The minimum absolute atomic E-state index is 0.650. The predicted octanol–water partition coefficient (Wildman–Crippen LogP) is 2.19. The summed E-state index contributed by atoms with van der Waals surface area (Å²) in [5.41, 5.74) is -0.288. The summed E-state index contributed by atoms with van der Waals surface area (Å²) in [5, 5.41) is 21.4. The first-order valence-corrected chi connectivity index (χ1v) is 8.57. The third kappa shape index (κ3) is 4.71. The normalized spacial score (nSPS) is 16.8. The molecule has 0 saturated carbocycles. The van der Waals surface area contributed by atoms with Crippen LogP contribution in [0.25, 0.3) is 0 Å². The second kappa shape index (κ2) is 7.12. The number of aliphatic hydroxyl groups is 1. The van der Waals surface area contributed by atoms with E-state index in [9.17, 15) is 10.1 Å². The third-order valence-electron chi connectivity index (χ3n) is 4.84. The Balaban J connectivity index is 2.20. The first-order valence-electron chi connectivity index (χ1n) is 8.19. The fourth-order valence-electron chi connectivity index (χ4n) is 2.62. The minimum Gasteiger partial charge on any atom is -0.423 e. The summed E-state index contributed by atoms with van der Waals surface area (Å²) < 4.78 is 5.78. The minimum atomic E-state index is -1.11. The standard InChI is InChI=1S/C17H27BClNO3/c1-16(2,21)17(3,4)23-18(22)15-8-7-14(19)11-13(15)12-20-9-5-6-10-20/h7-8,11,21-22H,5-6,9-10,12H2,1-4H3. The molecule has 2 rings (SSSR count). The highest BCUT2D eigenvalue weighted by Gasteiger charge is 2.40. The largest absolute Gasteiger partial charge is 0.491 e. The molecular formula is C17H27BClNO3. The van der Waals surface area contributed by atoms with Crippen molar-refractivity contribution in [3.63, 3.8) is 0 Å². The molecule has 0 radical (unpaired) electrons. The molecule has 2 N–H and O–H groups in total. The molecule has 1 heterocycles. The first kappa shape index (κ1) is 18.7. The molecular weight excluding hydrogens is 312 g/mol. The number of hydrogen-bond acceptors (Lipinski definition) is 4. The number of rotatable bonds is 6. The number of nitrogens with zero attached hydrogens (tertiary/aromatic N) is 1. The number of likely N-dealkylation sites (tertiary alicyclic amines) is 1. The number of halogens is 1. The van der Waals surface area contributed by atoms with Crippen LogP contribution in [0.1, 0.15) is 46.1 Å². The lowest BCUT2D eigenvalue weighted by Gasteiger charge is -2.38. The second-order valence-electron chi connectivity index (χ2n) is 7.37. The maximum atomic E-state index is 10.6. The Morgan fingerprint density at radius 1 is 1.22 bits per heavy atom. The summed E-state index contributed by atoms with van der Waals surface area (Å²) in [6.45, 7) is 9.77. The Labute approximate surface area is 144 Å². The van der Waals surface area contributed by atoms with Gasteiger partial charge in [-0.3, -0.25) is 4.90 Å². The van der Waals surface area contributed by atoms with Gasteiger partial charge in [-0.1, -0.05) is 17.7 Å². The average Bonchev–Trinajstić information content (AvgIpc) is 2.89. The van der Waals surface area contributed by atoms with Crippen LogP contribution in [0.15, 0.2) is 18.2 Å². The van der Waals surface area contributed by atoms with Crippen LogP contribution in [-0.2, 0) is 11.2 Å². The molecule has 0 bridgehead atoms. The van der Waals surface area contributed by atoms with Gasteiger partial charge in [0.25, 0.3) is 0 Å². The molecule has 1 aliphatic rings. The molecule has 1 saturated heterocycles. The molecule has 0 atom stereocenters. The van der Waals surface area contributed by atoms with Crippen LogP contribution in [0.2, 0.25) is 5.02 Å². The van der Waals surface area contributed by atoms with Gasteiger partial charge in [0.2, 0.25) is 0 Å². The maximum absolute atomic E-state index is 10.6. The lowest BCUT2D eigenvalue weighted by molar-refractivity contribution is -0.0982. The molecule has 0 spiro atoms. The highest BCUT2D eigenvalue weighted by Crippen LogP contribution is 2.26. The molecule has 4 nitrogen and oxygen atoms in total. The Bertz CT molecular complexity index is 539. The van der Waals surface area contributed by atoms with E-state index in [1.807, 2.05) is 6.07 Å². The van der Waals surface area contributed by atoms with E-state index in [0.717, 1.165) is 25.2 Å². The van der Waals surface area contributed by atoms with Crippen molar-refractivity contribution in [1.29, 1.82) is 0 Å². The molecule has 0 aromatic heterocycles. The molecule has 128 valence electrons. The van der Waals surface area contributed by atoms with E-state index in [0.29, 0.717) is 10.5 Å². The molecule has 23 heavy (non-hydrogen) atoms. The summed E-state index contributed by atoms with van der Waals surface area (Å²) in [5.74, 6) is 0. The Hall–Kier alpha value is -0.585. The highest BCUT2D eigenvalue weighted by atomic mass is 35.5. The molecule has 0 aliphatic carbocycles. The van der Waals surface area contributed by atoms with Crippen molar-refractivity contribution in [1.82, 2.24) is 4.90 Å². The molecule has 1 aromatic carbocycles. The lowest BCUT2D eigenvalue weighted by atomic mass is 9.74. The Morgan fingerprint density at radius 3 is 2.39 bits per heavy atom. The van der Waals surface area contributed by atoms with Crippen LogP contribution >= 0.6 is 11.6 Å². The van der Waals surface area contributed by atoms with Gasteiger partial charge in [-0.2, -0.15) is 0 Å². The highest BCUT2D eigenvalue weighted by molar-refractivity contribution is 6.60. The van der Waals surface area contributed by atoms with Gasteiger partial charge in [-0.15, -0.1) is 0 Å². The van der Waals surface area contributed by atoms with Crippen molar-refractivity contribution >= 4 is 24.2 Å². The van der Waals surface area contributed by atoms with Gasteiger partial charge in [0.15, 0.2) is 0 Å². The van der Waals surface area contributed by atoms with Crippen LogP contribution in [-0.4, -0.2) is 46.4 Å². The van der Waals surface area contributed by atoms with E-state index in [-0.39, 0.29) is 0 Å². The van der Waals surface area contributed by atoms with Gasteiger partial charge in [-0.05, 0) is 76.8 Å². The zero-order valence-electron chi connectivity index (χ0n) is 14.5. The number of benzene rings is 1. The summed E-state index contributed by atoms with van der Waals surface area (Å²) in [4.78, 5) is 2.35. The van der Waals surface area contributed by atoms with E-state index >= 15 is 0 Å². The predicted molar refractivity (Wildman–Crippen MR) is 95.0 cm³/mol. The Morgan fingerprint density at radius 2 is 1.83 bits per heavy atom. The topological polar surface area (TPSA) is 52.9 Å². The lowest BCUT2D eigenvalue weighted by Crippen LogP contribution is -2.53. The summed E-state index contributed by atoms with van der Waals surface area (Å²) in [7, 11) is -1.11. The van der Waals surface area contributed by atoms with Gasteiger partial charge in [-0.25, -0.2) is 0 Å². The molecule has 0 unspecified atom stereocenters. The zero-order valence-corrected chi connectivity index (χ0v) is 15.2. The zero-order chi connectivity index (χ0) is 17.3. The van der Waals surface area contributed by atoms with E-state index in [2.05, 4.69) is 4.90 Å². The molecule has 0 amide bonds. The van der Waals surface area contributed by atoms with E-state index in [4.69, 9.17) is 16.3 Å². The monoisotopic (exact) mass is 339 g/mol. The van der Waals surface area contributed by atoms with Crippen LogP contribution < -0.4 is 5.46 Å². The van der Waals surface area contributed by atoms with Gasteiger partial charge in [0, 0.05) is 11.6 Å². The van der Waals surface area contributed by atoms with Crippen molar-refractivity contribution in [2.24, 2.45) is 0 Å². The molecule has 6 heteroatoms. The first-order chi connectivity index (χ1) is 10.6. The Kier molecular flexibility index (Phi) is 5.80. The van der Waals surface area contributed by atoms with Crippen molar-refractivity contribution < 1.29 is 14.8 Å². The quantitative estimate of drug-likeness (QED) is 0.780. The van der Waals surface area contributed by atoms with Crippen LogP contribution in [0.5, 0.6) is 0 Å². The summed E-state index contributed by atoms with van der Waals surface area (Å²) in [6, 6.07) is 5.45. The van der Waals surface area contributed by atoms with Crippen molar-refractivity contribution in [2.75, 3.05) is 13.1 Å². The molecule has 1 aliphatic heterocycles. The van der Waals surface area contributed by atoms with E-state index in [1.165, 1.54) is 12.8 Å². The van der Waals surface area contributed by atoms with Crippen LogP contribution in [0.3, 0.4) is 0 Å². The summed E-state index contributed by atoms with van der Waals surface area (Å²) >= 11 is 6.13. The van der Waals surface area contributed by atoms with Gasteiger partial charge >= 0.3 is 7.12 Å². The van der Waals surface area contributed by atoms with E-state index in [1.54, 1.807) is 39.8 Å². The number of hydrogen-bond donors (Lipinski definition) is 2. The summed E-state index contributed by atoms with van der Waals surface area (Å²) in [6.07, 6.45) is 2.42. The van der Waals surface area contributed by atoms with Gasteiger partial charge < -0.3 is 14.8 Å². The molecule has 1 aromatic rings. The van der Waals surface area contributed by atoms with Crippen molar-refractivity contribution in [3.8, 4) is 0 Å².